The maximum absolute atomic E-state index is 11.9. The van der Waals surface area contributed by atoms with Gasteiger partial charge in [-0.2, -0.15) is 0 Å². The highest BCUT2D eigenvalue weighted by atomic mass is 16.1. The average Bonchev–Trinajstić information content (AvgIpc) is 2.89. The molecule has 0 aliphatic carbocycles. The molecule has 0 atom stereocenters. The minimum Gasteiger partial charge on any atom is -0.361 e. The Bertz CT molecular complexity index is 721. The number of aryl methyl sites for hydroxylation is 1. The Kier molecular flexibility index (Phi) is 3.41. The molecule has 1 amide bonds. The number of amides is 1. The summed E-state index contributed by atoms with van der Waals surface area (Å²) >= 11 is 0. The van der Waals surface area contributed by atoms with E-state index in [9.17, 15) is 4.79 Å². The molecule has 0 aliphatic heterocycles. The molecule has 100 valence electrons. The molecule has 0 fully saturated rings. The van der Waals surface area contributed by atoms with Crippen molar-refractivity contribution in [3.63, 3.8) is 0 Å². The van der Waals surface area contributed by atoms with Crippen molar-refractivity contribution in [2.75, 3.05) is 5.32 Å². The molecule has 5 heteroatoms. The summed E-state index contributed by atoms with van der Waals surface area (Å²) in [5.74, 6) is 0.423. The first-order valence-electron chi connectivity index (χ1n) is 6.44. The zero-order valence-corrected chi connectivity index (χ0v) is 10.8. The van der Waals surface area contributed by atoms with E-state index in [0.717, 1.165) is 11.1 Å². The molecule has 0 bridgehead atoms. The van der Waals surface area contributed by atoms with Crippen LogP contribution in [0, 0.1) is 0 Å². The normalized spacial score (nSPS) is 10.6. The lowest BCUT2D eigenvalue weighted by Crippen LogP contribution is -2.13. The smallest absolute Gasteiger partial charge is 0.225 e. The number of anilines is 1. The Morgan fingerprint density at radius 1 is 1.25 bits per heavy atom. The van der Waals surface area contributed by atoms with Crippen LogP contribution in [0.3, 0.4) is 0 Å². The fraction of sp³-hybridized carbons (Fsp3) is 0.133. The van der Waals surface area contributed by atoms with Crippen LogP contribution >= 0.6 is 0 Å². The third-order valence-electron chi connectivity index (χ3n) is 3.13. The van der Waals surface area contributed by atoms with Gasteiger partial charge in [0.1, 0.15) is 0 Å². The molecule has 3 aromatic rings. The van der Waals surface area contributed by atoms with Gasteiger partial charge in [-0.1, -0.05) is 18.2 Å². The average molecular weight is 266 g/mol. The molecule has 5 nitrogen and oxygen atoms in total. The molecule has 2 N–H and O–H groups in total. The first-order chi connectivity index (χ1) is 9.83. The lowest BCUT2D eigenvalue weighted by Gasteiger charge is -2.03. The van der Waals surface area contributed by atoms with Crippen LogP contribution in [0.15, 0.2) is 49.1 Å². The molecule has 20 heavy (non-hydrogen) atoms. The fourth-order valence-electron chi connectivity index (χ4n) is 2.16. The number of nitrogens with one attached hydrogen (secondary N) is 2. The van der Waals surface area contributed by atoms with E-state index in [2.05, 4.69) is 26.3 Å². The first kappa shape index (κ1) is 12.3. The number of carbonyl (C=O) groups is 1. The minimum atomic E-state index is -0.0595. The highest BCUT2D eigenvalue weighted by Gasteiger charge is 2.07. The van der Waals surface area contributed by atoms with Gasteiger partial charge >= 0.3 is 0 Å². The number of hydrogen-bond acceptors (Lipinski definition) is 3. The van der Waals surface area contributed by atoms with E-state index in [-0.39, 0.29) is 5.91 Å². The monoisotopic (exact) mass is 266 g/mol. The quantitative estimate of drug-likeness (QED) is 0.762. The number of H-pyrrole nitrogens is 1. The number of aromatic nitrogens is 3. The van der Waals surface area contributed by atoms with Gasteiger partial charge in [0.2, 0.25) is 5.91 Å². The van der Waals surface area contributed by atoms with E-state index >= 15 is 0 Å². The van der Waals surface area contributed by atoms with E-state index in [1.807, 2.05) is 24.4 Å². The molecular formula is C15H14N4O. The van der Waals surface area contributed by atoms with E-state index < -0.39 is 0 Å². The maximum Gasteiger partial charge on any atom is 0.225 e. The second-order valence-corrected chi connectivity index (χ2v) is 4.50. The van der Waals surface area contributed by atoms with Gasteiger partial charge in [0, 0.05) is 35.9 Å². The standard InChI is InChI=1S/C15H14N4O/c20-15(19-14-10-16-7-8-17-14)6-5-11-9-18-13-4-2-1-3-12(11)13/h1-4,7-10,18H,5-6H2,(H,17,19,20). The number of para-hydroxylation sites is 1. The second-order valence-electron chi connectivity index (χ2n) is 4.50. The molecular weight excluding hydrogens is 252 g/mol. The van der Waals surface area contributed by atoms with Crippen molar-refractivity contribution >= 4 is 22.6 Å². The van der Waals surface area contributed by atoms with Gasteiger partial charge in [-0.05, 0) is 18.1 Å². The van der Waals surface area contributed by atoms with E-state index in [1.165, 1.54) is 11.6 Å². The third-order valence-corrected chi connectivity index (χ3v) is 3.13. The molecule has 1 aromatic carbocycles. The third kappa shape index (κ3) is 2.66. The molecule has 0 radical (unpaired) electrons. The molecule has 0 saturated carbocycles. The van der Waals surface area contributed by atoms with Gasteiger partial charge in [-0.3, -0.25) is 9.78 Å². The van der Waals surface area contributed by atoms with Crippen molar-refractivity contribution < 1.29 is 4.79 Å². The van der Waals surface area contributed by atoms with Crippen LogP contribution in [0.1, 0.15) is 12.0 Å². The molecule has 0 spiro atoms. The van der Waals surface area contributed by atoms with Crippen LogP contribution in [0.25, 0.3) is 10.9 Å². The Morgan fingerprint density at radius 3 is 3.00 bits per heavy atom. The number of hydrogen-bond donors (Lipinski definition) is 2. The van der Waals surface area contributed by atoms with E-state index in [4.69, 9.17) is 0 Å². The number of carbonyl (C=O) groups excluding carboxylic acids is 1. The maximum atomic E-state index is 11.9. The first-order valence-corrected chi connectivity index (χ1v) is 6.44. The van der Waals surface area contributed by atoms with Gasteiger partial charge in [-0.25, -0.2) is 4.98 Å². The van der Waals surface area contributed by atoms with Crippen molar-refractivity contribution in [1.82, 2.24) is 15.0 Å². The van der Waals surface area contributed by atoms with Crippen molar-refractivity contribution in [2.45, 2.75) is 12.8 Å². The van der Waals surface area contributed by atoms with Crippen LogP contribution in [0.4, 0.5) is 5.82 Å². The molecule has 3 rings (SSSR count). The molecule has 0 unspecified atom stereocenters. The van der Waals surface area contributed by atoms with Crippen LogP contribution in [-0.2, 0) is 11.2 Å². The summed E-state index contributed by atoms with van der Waals surface area (Å²) in [6, 6.07) is 8.07. The lowest BCUT2D eigenvalue weighted by atomic mass is 10.1. The van der Waals surface area contributed by atoms with Crippen LogP contribution < -0.4 is 5.32 Å². The van der Waals surface area contributed by atoms with Crippen LogP contribution in [-0.4, -0.2) is 20.9 Å². The van der Waals surface area contributed by atoms with Crippen molar-refractivity contribution in [3.05, 3.63) is 54.6 Å². The van der Waals surface area contributed by atoms with E-state index in [0.29, 0.717) is 18.7 Å². The van der Waals surface area contributed by atoms with Gasteiger partial charge < -0.3 is 10.3 Å². The Labute approximate surface area is 116 Å². The van der Waals surface area contributed by atoms with Crippen molar-refractivity contribution in [3.8, 4) is 0 Å². The SMILES string of the molecule is O=C(CCc1c[nH]c2ccccc12)Nc1cnccn1. The predicted molar refractivity (Wildman–Crippen MR) is 77.3 cm³/mol. The van der Waals surface area contributed by atoms with Gasteiger partial charge in [0.25, 0.3) is 0 Å². The molecule has 0 aliphatic rings. The largest absolute Gasteiger partial charge is 0.361 e. The molecule has 2 heterocycles. The summed E-state index contributed by atoms with van der Waals surface area (Å²) in [6.07, 6.45) is 7.72. The zero-order valence-electron chi connectivity index (χ0n) is 10.8. The predicted octanol–water partition coefficient (Wildman–Crippen LogP) is 2.53. The highest BCUT2D eigenvalue weighted by Crippen LogP contribution is 2.19. The summed E-state index contributed by atoms with van der Waals surface area (Å²) in [5, 5.41) is 3.90. The summed E-state index contributed by atoms with van der Waals surface area (Å²) in [4.78, 5) is 23.0. The number of benzene rings is 1. The van der Waals surface area contributed by atoms with Crippen molar-refractivity contribution in [1.29, 1.82) is 0 Å². The van der Waals surface area contributed by atoms with Crippen LogP contribution in [0.5, 0.6) is 0 Å². The topological polar surface area (TPSA) is 70.7 Å². The fourth-order valence-corrected chi connectivity index (χ4v) is 2.16. The number of fused-ring (bicyclic) bond motifs is 1. The van der Waals surface area contributed by atoms with E-state index in [1.54, 1.807) is 12.4 Å². The highest BCUT2D eigenvalue weighted by molar-refractivity contribution is 5.90. The Morgan fingerprint density at radius 2 is 2.15 bits per heavy atom. The Hall–Kier alpha value is -2.69. The van der Waals surface area contributed by atoms with Crippen molar-refractivity contribution in [2.24, 2.45) is 0 Å². The number of rotatable bonds is 4. The molecule has 2 aromatic heterocycles. The lowest BCUT2D eigenvalue weighted by molar-refractivity contribution is -0.116. The van der Waals surface area contributed by atoms with Gasteiger partial charge in [0.05, 0.1) is 6.20 Å². The summed E-state index contributed by atoms with van der Waals surface area (Å²) < 4.78 is 0. The number of aromatic amines is 1. The summed E-state index contributed by atoms with van der Waals surface area (Å²) in [5.41, 5.74) is 2.24. The van der Waals surface area contributed by atoms with Gasteiger partial charge in [-0.15, -0.1) is 0 Å². The zero-order chi connectivity index (χ0) is 13.8. The van der Waals surface area contributed by atoms with Gasteiger partial charge in [0.15, 0.2) is 5.82 Å². The minimum absolute atomic E-state index is 0.0595. The Balaban J connectivity index is 1.63. The van der Waals surface area contributed by atoms with Crippen LogP contribution in [0.2, 0.25) is 0 Å². The number of nitrogens with zero attached hydrogens (tertiary/aromatic N) is 2. The molecule has 0 saturated heterocycles. The summed E-state index contributed by atoms with van der Waals surface area (Å²) in [7, 11) is 0. The summed E-state index contributed by atoms with van der Waals surface area (Å²) in [6.45, 7) is 0. The second kappa shape index (κ2) is 5.52.